The Labute approximate surface area is 221 Å². The molecule has 3 aromatic carbocycles. The Morgan fingerprint density at radius 2 is 1.66 bits per heavy atom. The summed E-state index contributed by atoms with van der Waals surface area (Å²) in [6, 6.07) is 15.9. The maximum absolute atomic E-state index is 12.6. The van der Waals surface area contributed by atoms with Crippen LogP contribution < -0.4 is 19.5 Å². The topological polar surface area (TPSA) is 69.2 Å². The number of carbonyl (C=O) groups is 1. The van der Waals surface area contributed by atoms with Crippen molar-refractivity contribution < 1.29 is 19.0 Å². The predicted octanol–water partition coefficient (Wildman–Crippen LogP) is 7.13. The molecular weight excluding hydrogens is 531 g/mol. The first-order chi connectivity index (χ1) is 16.9. The molecule has 0 radical (unpaired) electrons. The molecule has 35 heavy (non-hydrogen) atoms. The number of amidine groups is 1. The van der Waals surface area contributed by atoms with E-state index in [2.05, 4.69) is 10.3 Å². The molecule has 1 fully saturated rings. The van der Waals surface area contributed by atoms with Gasteiger partial charge in [-0.25, -0.2) is 4.99 Å². The highest BCUT2D eigenvalue weighted by Crippen LogP contribution is 2.39. The van der Waals surface area contributed by atoms with E-state index in [0.29, 0.717) is 60.2 Å². The first-order valence-corrected chi connectivity index (χ1v) is 12.2. The summed E-state index contributed by atoms with van der Waals surface area (Å²) in [6.45, 7) is 0.290. The van der Waals surface area contributed by atoms with E-state index in [4.69, 9.17) is 49.0 Å². The Bertz CT molecular complexity index is 1330. The summed E-state index contributed by atoms with van der Waals surface area (Å²) in [7, 11) is 3.07. The highest BCUT2D eigenvalue weighted by atomic mass is 35.5. The highest BCUT2D eigenvalue weighted by molar-refractivity contribution is 8.18. The summed E-state index contributed by atoms with van der Waals surface area (Å²) in [5.74, 6) is 1.11. The molecule has 3 aromatic rings. The fraction of sp³-hybridized carbons (Fsp3) is 0.120. The minimum atomic E-state index is -0.284. The van der Waals surface area contributed by atoms with E-state index in [1.807, 2.05) is 12.1 Å². The summed E-state index contributed by atoms with van der Waals surface area (Å²) in [5.41, 5.74) is 2.11. The Morgan fingerprint density at radius 3 is 2.37 bits per heavy atom. The van der Waals surface area contributed by atoms with E-state index in [1.54, 1.807) is 55.7 Å². The van der Waals surface area contributed by atoms with Gasteiger partial charge in [-0.15, -0.1) is 0 Å². The van der Waals surface area contributed by atoms with Gasteiger partial charge in [-0.3, -0.25) is 4.79 Å². The average molecular weight is 550 g/mol. The van der Waals surface area contributed by atoms with Gasteiger partial charge in [0, 0.05) is 10.0 Å². The molecule has 1 aliphatic rings. The van der Waals surface area contributed by atoms with Crippen molar-refractivity contribution in [3.8, 4) is 17.2 Å². The van der Waals surface area contributed by atoms with Crippen molar-refractivity contribution >= 4 is 69.4 Å². The van der Waals surface area contributed by atoms with Crippen molar-refractivity contribution in [2.75, 3.05) is 14.2 Å². The van der Waals surface area contributed by atoms with Crippen molar-refractivity contribution in [2.45, 2.75) is 6.61 Å². The number of nitrogens with zero attached hydrogens (tertiary/aromatic N) is 1. The van der Waals surface area contributed by atoms with Gasteiger partial charge in [-0.05, 0) is 71.4 Å². The van der Waals surface area contributed by atoms with Crippen LogP contribution in [0.15, 0.2) is 64.5 Å². The molecule has 0 aliphatic carbocycles. The van der Waals surface area contributed by atoms with Crippen LogP contribution in [0.2, 0.25) is 15.1 Å². The lowest BCUT2D eigenvalue weighted by Gasteiger charge is -2.13. The Hall–Kier alpha value is -2.84. The van der Waals surface area contributed by atoms with Gasteiger partial charge in [-0.2, -0.15) is 0 Å². The first kappa shape index (κ1) is 25.3. The quantitative estimate of drug-likeness (QED) is 0.317. The number of halogens is 3. The van der Waals surface area contributed by atoms with Crippen molar-refractivity contribution in [3.05, 3.63) is 85.7 Å². The standard InChI is InChI=1S/C25H19Cl3N2O4S/c1-32-20-8-7-17(27)12-19(20)29-25-30-24(31)22(35-25)11-15-9-18(28)23(21(10-15)33-2)34-13-14-3-5-16(26)6-4-14/h3-12H,13H2,1-2H3,(H,29,30,31)/b22-11-. The number of thioether (sulfide) groups is 1. The molecule has 0 aromatic heterocycles. The second-order valence-corrected chi connectivity index (χ2v) is 9.56. The van der Waals surface area contributed by atoms with E-state index in [0.717, 1.165) is 5.56 Å². The molecular formula is C25H19Cl3N2O4S. The molecule has 4 rings (SSSR count). The van der Waals surface area contributed by atoms with Gasteiger partial charge in [0.25, 0.3) is 5.91 Å². The summed E-state index contributed by atoms with van der Waals surface area (Å²) in [6.07, 6.45) is 1.70. The lowest BCUT2D eigenvalue weighted by molar-refractivity contribution is -0.115. The zero-order valence-corrected chi connectivity index (χ0v) is 21.7. The van der Waals surface area contributed by atoms with Gasteiger partial charge in [0.2, 0.25) is 0 Å². The molecule has 6 nitrogen and oxygen atoms in total. The van der Waals surface area contributed by atoms with Gasteiger partial charge in [0.05, 0.1) is 24.1 Å². The zero-order valence-electron chi connectivity index (χ0n) is 18.6. The summed E-state index contributed by atoms with van der Waals surface area (Å²) in [4.78, 5) is 17.5. The molecule has 180 valence electrons. The largest absolute Gasteiger partial charge is 0.494 e. The molecule has 0 bridgehead atoms. The molecule has 0 atom stereocenters. The number of amides is 1. The van der Waals surface area contributed by atoms with E-state index in [1.165, 1.54) is 18.9 Å². The number of rotatable bonds is 7. The minimum absolute atomic E-state index is 0.284. The maximum Gasteiger partial charge on any atom is 0.264 e. The molecule has 0 unspecified atom stereocenters. The number of aliphatic imine (C=N–C) groups is 1. The zero-order chi connectivity index (χ0) is 24.9. The Kier molecular flexibility index (Phi) is 8.13. The van der Waals surface area contributed by atoms with Crippen molar-refractivity contribution in [2.24, 2.45) is 4.99 Å². The third-order valence-electron chi connectivity index (χ3n) is 4.86. The average Bonchev–Trinajstić information content (AvgIpc) is 3.17. The van der Waals surface area contributed by atoms with Crippen LogP contribution in [0.5, 0.6) is 17.2 Å². The fourth-order valence-electron chi connectivity index (χ4n) is 3.19. The van der Waals surface area contributed by atoms with Crippen LogP contribution in [0.4, 0.5) is 5.69 Å². The van der Waals surface area contributed by atoms with E-state index >= 15 is 0 Å². The lowest BCUT2D eigenvalue weighted by Crippen LogP contribution is -2.19. The number of nitrogens with one attached hydrogen (secondary N) is 1. The third-order valence-corrected chi connectivity index (χ3v) is 6.54. The number of carbonyl (C=O) groups excluding carboxylic acids is 1. The van der Waals surface area contributed by atoms with Crippen molar-refractivity contribution in [3.63, 3.8) is 0 Å². The van der Waals surface area contributed by atoms with Crippen molar-refractivity contribution in [1.82, 2.24) is 5.32 Å². The molecule has 0 spiro atoms. The summed E-state index contributed by atoms with van der Waals surface area (Å²) in [5, 5.41) is 4.67. The van der Waals surface area contributed by atoms with Crippen LogP contribution in [0, 0.1) is 0 Å². The second-order valence-electron chi connectivity index (χ2n) is 7.25. The van der Waals surface area contributed by atoms with Gasteiger partial charge in [0.1, 0.15) is 18.0 Å². The molecule has 0 saturated carbocycles. The maximum atomic E-state index is 12.6. The smallest absolute Gasteiger partial charge is 0.264 e. The summed E-state index contributed by atoms with van der Waals surface area (Å²) < 4.78 is 16.7. The van der Waals surface area contributed by atoms with Crippen LogP contribution in [0.3, 0.4) is 0 Å². The molecule has 1 heterocycles. The van der Waals surface area contributed by atoms with Crippen LogP contribution in [-0.2, 0) is 11.4 Å². The molecule has 10 heteroatoms. The normalized spacial score (nSPS) is 15.4. The number of hydrogen-bond donors (Lipinski definition) is 1. The molecule has 1 aliphatic heterocycles. The minimum Gasteiger partial charge on any atom is -0.494 e. The van der Waals surface area contributed by atoms with Crippen LogP contribution >= 0.6 is 46.6 Å². The number of hydrogen-bond acceptors (Lipinski definition) is 6. The fourth-order valence-corrected chi connectivity index (χ4v) is 4.59. The Balaban J connectivity index is 1.55. The Morgan fingerprint density at radius 1 is 0.943 bits per heavy atom. The third kappa shape index (κ3) is 6.24. The number of benzene rings is 3. The number of methoxy groups -OCH3 is 2. The predicted molar refractivity (Wildman–Crippen MR) is 143 cm³/mol. The van der Waals surface area contributed by atoms with Gasteiger partial charge in [-0.1, -0.05) is 46.9 Å². The highest BCUT2D eigenvalue weighted by Gasteiger charge is 2.25. The van der Waals surface area contributed by atoms with Gasteiger partial charge < -0.3 is 19.5 Å². The molecule has 1 amide bonds. The molecule has 1 N–H and O–H groups in total. The molecule has 1 saturated heterocycles. The number of ether oxygens (including phenoxy) is 3. The monoisotopic (exact) mass is 548 g/mol. The van der Waals surface area contributed by atoms with Crippen LogP contribution in [0.1, 0.15) is 11.1 Å². The van der Waals surface area contributed by atoms with Gasteiger partial charge >= 0.3 is 0 Å². The van der Waals surface area contributed by atoms with Crippen molar-refractivity contribution in [1.29, 1.82) is 0 Å². The SMILES string of the molecule is COc1ccc(Cl)cc1N=C1NC(=O)/C(=C/c2cc(Cl)c(OCc3ccc(Cl)cc3)c(OC)c2)S1. The van der Waals surface area contributed by atoms with Gasteiger partial charge in [0.15, 0.2) is 16.7 Å². The second kappa shape index (κ2) is 11.3. The van der Waals surface area contributed by atoms with Crippen LogP contribution in [0.25, 0.3) is 6.08 Å². The first-order valence-electron chi connectivity index (χ1n) is 10.2. The van der Waals surface area contributed by atoms with E-state index < -0.39 is 0 Å². The van der Waals surface area contributed by atoms with E-state index in [9.17, 15) is 4.79 Å². The lowest BCUT2D eigenvalue weighted by atomic mass is 10.1. The van der Waals surface area contributed by atoms with E-state index in [-0.39, 0.29) is 5.91 Å². The summed E-state index contributed by atoms with van der Waals surface area (Å²) >= 11 is 19.7. The van der Waals surface area contributed by atoms with Crippen LogP contribution in [-0.4, -0.2) is 25.3 Å².